The molecule has 0 radical (unpaired) electrons. The predicted molar refractivity (Wildman–Crippen MR) is 95.7 cm³/mol. The lowest BCUT2D eigenvalue weighted by atomic mass is 10.1. The molecule has 1 N–H and O–H groups in total. The van der Waals surface area contributed by atoms with Gasteiger partial charge in [0.25, 0.3) is 5.91 Å². The lowest BCUT2D eigenvalue weighted by molar-refractivity contribution is 0.0718. The smallest absolute Gasteiger partial charge is 0.272 e. The molecule has 1 fully saturated rings. The molecule has 1 aliphatic heterocycles. The number of piperidine rings is 1. The first-order chi connectivity index (χ1) is 11.5. The largest absolute Gasteiger partial charge is 0.340 e. The lowest BCUT2D eigenvalue weighted by Crippen LogP contribution is -2.36. The van der Waals surface area contributed by atoms with Gasteiger partial charge < -0.3 is 10.2 Å². The summed E-state index contributed by atoms with van der Waals surface area (Å²) in [6, 6.07) is 7.99. The van der Waals surface area contributed by atoms with Crippen molar-refractivity contribution in [2.24, 2.45) is 0 Å². The van der Waals surface area contributed by atoms with Crippen molar-refractivity contribution in [3.8, 4) is 0 Å². The zero-order valence-corrected chi connectivity index (χ0v) is 14.6. The van der Waals surface area contributed by atoms with Gasteiger partial charge in [-0.15, -0.1) is 0 Å². The Balaban J connectivity index is 1.85. The Morgan fingerprint density at radius 2 is 1.79 bits per heavy atom. The zero-order chi connectivity index (χ0) is 17.1. The molecular formula is C19H24N4O. The molecule has 0 aliphatic carbocycles. The summed E-state index contributed by atoms with van der Waals surface area (Å²) in [5.41, 5.74) is 3.79. The highest BCUT2D eigenvalue weighted by molar-refractivity contribution is 5.93. The van der Waals surface area contributed by atoms with Crippen molar-refractivity contribution >= 4 is 17.4 Å². The third-order valence-corrected chi connectivity index (χ3v) is 4.36. The fraction of sp³-hybridized carbons (Fsp3) is 0.421. The highest BCUT2D eigenvalue weighted by Crippen LogP contribution is 2.22. The summed E-state index contributed by atoms with van der Waals surface area (Å²) in [6.07, 6.45) is 3.35. The van der Waals surface area contributed by atoms with Gasteiger partial charge in [-0.05, 0) is 57.2 Å². The van der Waals surface area contributed by atoms with E-state index in [4.69, 9.17) is 0 Å². The van der Waals surface area contributed by atoms with Crippen molar-refractivity contribution in [3.63, 3.8) is 0 Å². The molecule has 1 amide bonds. The number of aryl methyl sites for hydroxylation is 3. The van der Waals surface area contributed by atoms with Crippen LogP contribution in [0.2, 0.25) is 0 Å². The summed E-state index contributed by atoms with van der Waals surface area (Å²) in [6.45, 7) is 7.57. The second-order valence-electron chi connectivity index (χ2n) is 6.48. The first-order valence-electron chi connectivity index (χ1n) is 8.52. The molecule has 126 valence electrons. The van der Waals surface area contributed by atoms with Crippen molar-refractivity contribution in [2.75, 3.05) is 18.4 Å². The maximum atomic E-state index is 12.7. The third-order valence-electron chi connectivity index (χ3n) is 4.36. The van der Waals surface area contributed by atoms with Crippen LogP contribution in [-0.2, 0) is 0 Å². The standard InChI is InChI=1S/C19H24N4O/c1-13-7-8-14(2)16(11-13)22-18-12-17(20-15(3)21-18)19(24)23-9-5-4-6-10-23/h7-8,11-12H,4-6,9-10H2,1-3H3,(H,20,21,22). The molecule has 0 unspecified atom stereocenters. The van der Waals surface area contributed by atoms with Crippen molar-refractivity contribution in [1.82, 2.24) is 14.9 Å². The molecule has 1 aromatic heterocycles. The topological polar surface area (TPSA) is 58.1 Å². The number of carbonyl (C=O) groups excluding carboxylic acids is 1. The van der Waals surface area contributed by atoms with Crippen LogP contribution >= 0.6 is 0 Å². The van der Waals surface area contributed by atoms with E-state index < -0.39 is 0 Å². The maximum Gasteiger partial charge on any atom is 0.272 e. The maximum absolute atomic E-state index is 12.7. The van der Waals surface area contributed by atoms with Crippen LogP contribution in [0.25, 0.3) is 0 Å². The fourth-order valence-electron chi connectivity index (χ4n) is 3.01. The van der Waals surface area contributed by atoms with Gasteiger partial charge in [0.2, 0.25) is 0 Å². The summed E-state index contributed by atoms with van der Waals surface area (Å²) in [5, 5.41) is 3.33. The molecule has 24 heavy (non-hydrogen) atoms. The number of aromatic nitrogens is 2. The summed E-state index contributed by atoms with van der Waals surface area (Å²) in [5.74, 6) is 1.27. The number of rotatable bonds is 3. The Morgan fingerprint density at radius 1 is 1.04 bits per heavy atom. The Bertz CT molecular complexity index is 751. The van der Waals surface area contributed by atoms with Crippen LogP contribution in [0.15, 0.2) is 24.3 Å². The SMILES string of the molecule is Cc1ccc(C)c(Nc2cc(C(=O)N3CCCCC3)nc(C)n2)c1. The van der Waals surface area contributed by atoms with E-state index in [1.807, 2.05) is 11.8 Å². The third kappa shape index (κ3) is 3.72. The Morgan fingerprint density at radius 3 is 2.54 bits per heavy atom. The number of likely N-dealkylation sites (tertiary alicyclic amines) is 1. The first kappa shape index (κ1) is 16.4. The Hall–Kier alpha value is -2.43. The summed E-state index contributed by atoms with van der Waals surface area (Å²) in [4.78, 5) is 23.4. The van der Waals surface area contributed by atoms with E-state index in [-0.39, 0.29) is 5.91 Å². The molecule has 1 aromatic carbocycles. The van der Waals surface area contributed by atoms with Gasteiger partial charge in [0, 0.05) is 24.8 Å². The second kappa shape index (κ2) is 6.99. The van der Waals surface area contributed by atoms with Crippen LogP contribution in [0.3, 0.4) is 0 Å². The van der Waals surface area contributed by atoms with Crippen LogP contribution in [0.4, 0.5) is 11.5 Å². The van der Waals surface area contributed by atoms with Crippen molar-refractivity contribution < 1.29 is 4.79 Å². The van der Waals surface area contributed by atoms with E-state index in [0.29, 0.717) is 17.3 Å². The number of carbonyl (C=O) groups is 1. The normalized spacial score (nSPS) is 14.5. The van der Waals surface area contributed by atoms with E-state index in [2.05, 4.69) is 47.3 Å². The summed E-state index contributed by atoms with van der Waals surface area (Å²) in [7, 11) is 0. The highest BCUT2D eigenvalue weighted by atomic mass is 16.2. The monoisotopic (exact) mass is 324 g/mol. The summed E-state index contributed by atoms with van der Waals surface area (Å²) < 4.78 is 0. The van der Waals surface area contributed by atoms with Crippen LogP contribution in [-0.4, -0.2) is 33.9 Å². The quantitative estimate of drug-likeness (QED) is 0.933. The van der Waals surface area contributed by atoms with E-state index in [0.717, 1.165) is 37.2 Å². The minimum Gasteiger partial charge on any atom is -0.340 e. The van der Waals surface area contributed by atoms with E-state index in [9.17, 15) is 4.79 Å². The molecule has 0 saturated carbocycles. The average Bonchev–Trinajstić information content (AvgIpc) is 2.58. The van der Waals surface area contributed by atoms with Crippen molar-refractivity contribution in [3.05, 3.63) is 46.9 Å². The van der Waals surface area contributed by atoms with Gasteiger partial charge >= 0.3 is 0 Å². The van der Waals surface area contributed by atoms with E-state index in [1.165, 1.54) is 12.0 Å². The summed E-state index contributed by atoms with van der Waals surface area (Å²) >= 11 is 0. The van der Waals surface area contributed by atoms with Crippen LogP contribution in [0, 0.1) is 20.8 Å². The van der Waals surface area contributed by atoms with Crippen LogP contribution in [0.1, 0.15) is 46.7 Å². The number of benzene rings is 1. The number of hydrogen-bond acceptors (Lipinski definition) is 4. The van der Waals surface area contributed by atoms with Gasteiger partial charge in [0.15, 0.2) is 0 Å². The Labute approximate surface area is 143 Å². The first-order valence-corrected chi connectivity index (χ1v) is 8.52. The van der Waals surface area contributed by atoms with E-state index in [1.54, 1.807) is 6.07 Å². The molecule has 1 saturated heterocycles. The molecule has 2 aromatic rings. The van der Waals surface area contributed by atoms with Crippen molar-refractivity contribution in [2.45, 2.75) is 40.0 Å². The van der Waals surface area contributed by atoms with E-state index >= 15 is 0 Å². The molecular weight excluding hydrogens is 300 g/mol. The number of amides is 1. The number of hydrogen-bond donors (Lipinski definition) is 1. The number of nitrogens with zero attached hydrogens (tertiary/aromatic N) is 3. The van der Waals surface area contributed by atoms with Gasteiger partial charge in [-0.1, -0.05) is 12.1 Å². The second-order valence-corrected chi connectivity index (χ2v) is 6.48. The van der Waals surface area contributed by atoms with Crippen LogP contribution in [0.5, 0.6) is 0 Å². The van der Waals surface area contributed by atoms with Crippen molar-refractivity contribution in [1.29, 1.82) is 0 Å². The average molecular weight is 324 g/mol. The molecule has 5 nitrogen and oxygen atoms in total. The molecule has 2 heterocycles. The zero-order valence-electron chi connectivity index (χ0n) is 14.6. The molecule has 5 heteroatoms. The highest BCUT2D eigenvalue weighted by Gasteiger charge is 2.20. The van der Waals surface area contributed by atoms with Crippen LogP contribution < -0.4 is 5.32 Å². The van der Waals surface area contributed by atoms with Gasteiger partial charge in [-0.2, -0.15) is 0 Å². The molecule has 0 bridgehead atoms. The number of nitrogens with one attached hydrogen (secondary N) is 1. The van der Waals surface area contributed by atoms with Gasteiger partial charge in [-0.3, -0.25) is 4.79 Å². The molecule has 0 spiro atoms. The van der Waals surface area contributed by atoms with Gasteiger partial charge in [-0.25, -0.2) is 9.97 Å². The Kier molecular flexibility index (Phi) is 4.79. The predicted octanol–water partition coefficient (Wildman–Crippen LogP) is 3.77. The molecule has 1 aliphatic rings. The minimum absolute atomic E-state index is 0.00390. The molecule has 0 atom stereocenters. The molecule has 3 rings (SSSR count). The number of anilines is 2. The lowest BCUT2D eigenvalue weighted by Gasteiger charge is -2.26. The van der Waals surface area contributed by atoms with Gasteiger partial charge in [0.05, 0.1) is 0 Å². The minimum atomic E-state index is 0.00390. The fourth-order valence-corrected chi connectivity index (χ4v) is 3.01. The van der Waals surface area contributed by atoms with Gasteiger partial charge in [0.1, 0.15) is 17.3 Å².